The normalized spacial score (nSPS) is 26.2. The summed E-state index contributed by atoms with van der Waals surface area (Å²) in [7, 11) is -3.80. The average Bonchev–Trinajstić information content (AvgIpc) is 2.22. The Kier molecular flexibility index (Phi) is 5.62. The maximum Gasteiger partial charge on any atom is 0.264 e. The van der Waals surface area contributed by atoms with Crippen molar-refractivity contribution in [2.75, 3.05) is 12.3 Å². The summed E-state index contributed by atoms with van der Waals surface area (Å²) in [6, 6.07) is 0.519. The van der Waals surface area contributed by atoms with Crippen LogP contribution in [0.1, 0.15) is 52.9 Å². The molecular formula is C13H27NO3S. The molecule has 0 heterocycles. The molecule has 4 nitrogen and oxygen atoms in total. The van der Waals surface area contributed by atoms with Gasteiger partial charge in [0, 0.05) is 6.04 Å². The fourth-order valence-corrected chi connectivity index (χ4v) is 3.23. The van der Waals surface area contributed by atoms with Crippen LogP contribution in [0.4, 0.5) is 0 Å². The molecule has 0 unspecified atom stereocenters. The van der Waals surface area contributed by atoms with E-state index in [1.165, 1.54) is 25.7 Å². The Bertz CT molecular complexity index is 338. The first kappa shape index (κ1) is 15.9. The first-order valence-electron chi connectivity index (χ1n) is 6.87. The lowest BCUT2D eigenvalue weighted by molar-refractivity contribution is 0.160. The fraction of sp³-hybridized carbons (Fsp3) is 1.00. The van der Waals surface area contributed by atoms with Gasteiger partial charge in [0.15, 0.2) is 0 Å². The Morgan fingerprint density at radius 2 is 1.72 bits per heavy atom. The second-order valence-corrected chi connectivity index (χ2v) is 8.08. The van der Waals surface area contributed by atoms with E-state index in [1.807, 2.05) is 0 Å². The molecular weight excluding hydrogens is 250 g/mol. The Balaban J connectivity index is 2.17. The summed E-state index contributed by atoms with van der Waals surface area (Å²) in [5, 5.41) is 3.39. The van der Waals surface area contributed by atoms with E-state index in [-0.39, 0.29) is 5.75 Å². The van der Waals surface area contributed by atoms with Crippen LogP contribution in [-0.2, 0) is 10.1 Å². The number of hydrogen-bond donors (Lipinski definition) is 2. The van der Waals surface area contributed by atoms with Crippen LogP contribution in [0.3, 0.4) is 0 Å². The lowest BCUT2D eigenvalue weighted by Gasteiger charge is -2.37. The van der Waals surface area contributed by atoms with Crippen LogP contribution in [0.5, 0.6) is 0 Å². The Labute approximate surface area is 111 Å². The smallest absolute Gasteiger partial charge is 0.264 e. The Morgan fingerprint density at radius 3 is 2.17 bits per heavy atom. The largest absolute Gasteiger partial charge is 0.314 e. The molecule has 0 bridgehead atoms. The maximum absolute atomic E-state index is 10.6. The third-order valence-electron chi connectivity index (χ3n) is 3.96. The van der Waals surface area contributed by atoms with Crippen molar-refractivity contribution in [3.05, 3.63) is 0 Å². The highest BCUT2D eigenvalue weighted by Crippen LogP contribution is 2.37. The first-order chi connectivity index (χ1) is 8.18. The lowest BCUT2D eigenvalue weighted by Crippen LogP contribution is -2.37. The van der Waals surface area contributed by atoms with Crippen molar-refractivity contribution < 1.29 is 13.0 Å². The predicted molar refractivity (Wildman–Crippen MR) is 74.2 cm³/mol. The van der Waals surface area contributed by atoms with Crippen molar-refractivity contribution in [2.45, 2.75) is 58.9 Å². The van der Waals surface area contributed by atoms with Crippen molar-refractivity contribution in [1.82, 2.24) is 5.32 Å². The summed E-state index contributed by atoms with van der Waals surface area (Å²) in [6.45, 7) is 7.58. The SMILES string of the molecule is CC(C)(C)C1CCC(NCCCS(=O)(=O)O)CC1. The first-order valence-corrected chi connectivity index (χ1v) is 8.48. The van der Waals surface area contributed by atoms with Gasteiger partial charge in [-0.05, 0) is 50.0 Å². The predicted octanol–water partition coefficient (Wildman–Crippen LogP) is 2.46. The Morgan fingerprint density at radius 1 is 1.17 bits per heavy atom. The monoisotopic (exact) mass is 277 g/mol. The van der Waals surface area contributed by atoms with Gasteiger partial charge in [0.05, 0.1) is 5.75 Å². The molecule has 5 heteroatoms. The van der Waals surface area contributed by atoms with Crippen LogP contribution < -0.4 is 5.32 Å². The summed E-state index contributed by atoms with van der Waals surface area (Å²) in [5.74, 6) is 0.658. The third kappa shape index (κ3) is 6.16. The van der Waals surface area contributed by atoms with Gasteiger partial charge in [0.2, 0.25) is 0 Å². The minimum absolute atomic E-state index is 0.142. The molecule has 0 aromatic heterocycles. The second kappa shape index (κ2) is 6.35. The van der Waals surface area contributed by atoms with Gasteiger partial charge in [0.25, 0.3) is 10.1 Å². The van der Waals surface area contributed by atoms with Crippen molar-refractivity contribution in [3.8, 4) is 0 Å². The quantitative estimate of drug-likeness (QED) is 0.598. The van der Waals surface area contributed by atoms with E-state index in [1.54, 1.807) is 0 Å². The number of hydrogen-bond acceptors (Lipinski definition) is 3. The molecule has 108 valence electrons. The molecule has 0 aromatic carbocycles. The lowest BCUT2D eigenvalue weighted by atomic mass is 9.71. The molecule has 0 radical (unpaired) electrons. The minimum atomic E-state index is -3.80. The van der Waals surface area contributed by atoms with E-state index in [0.717, 1.165) is 5.92 Å². The van der Waals surface area contributed by atoms with E-state index >= 15 is 0 Å². The minimum Gasteiger partial charge on any atom is -0.314 e. The van der Waals surface area contributed by atoms with Crippen molar-refractivity contribution in [1.29, 1.82) is 0 Å². The van der Waals surface area contributed by atoms with Crippen molar-refractivity contribution in [3.63, 3.8) is 0 Å². The zero-order chi connectivity index (χ0) is 13.8. The van der Waals surface area contributed by atoms with E-state index in [4.69, 9.17) is 4.55 Å². The molecule has 0 aromatic rings. The molecule has 1 saturated carbocycles. The molecule has 1 aliphatic carbocycles. The molecule has 18 heavy (non-hydrogen) atoms. The van der Waals surface area contributed by atoms with E-state index in [0.29, 0.717) is 24.4 Å². The molecule has 1 aliphatic rings. The molecule has 2 N–H and O–H groups in total. The highest BCUT2D eigenvalue weighted by atomic mass is 32.2. The van der Waals surface area contributed by atoms with Crippen LogP contribution in [0.15, 0.2) is 0 Å². The van der Waals surface area contributed by atoms with Gasteiger partial charge in [-0.1, -0.05) is 20.8 Å². The number of rotatable bonds is 5. The molecule has 1 rings (SSSR count). The summed E-state index contributed by atoms with van der Waals surface area (Å²) in [4.78, 5) is 0. The van der Waals surface area contributed by atoms with Crippen LogP contribution in [0, 0.1) is 11.3 Å². The second-order valence-electron chi connectivity index (χ2n) is 6.51. The van der Waals surface area contributed by atoms with E-state index in [9.17, 15) is 8.42 Å². The number of nitrogens with one attached hydrogen (secondary N) is 1. The van der Waals surface area contributed by atoms with Gasteiger partial charge in [0.1, 0.15) is 0 Å². The summed E-state index contributed by atoms with van der Waals surface area (Å²) in [6.07, 6.45) is 5.33. The molecule has 0 atom stereocenters. The highest BCUT2D eigenvalue weighted by molar-refractivity contribution is 7.85. The van der Waals surface area contributed by atoms with Crippen LogP contribution in [-0.4, -0.2) is 31.3 Å². The molecule has 0 saturated heterocycles. The summed E-state index contributed by atoms with van der Waals surface area (Å²) >= 11 is 0. The molecule has 0 aliphatic heterocycles. The van der Waals surface area contributed by atoms with Crippen LogP contribution in [0.25, 0.3) is 0 Å². The van der Waals surface area contributed by atoms with Crippen molar-refractivity contribution in [2.24, 2.45) is 11.3 Å². The van der Waals surface area contributed by atoms with E-state index < -0.39 is 10.1 Å². The summed E-state index contributed by atoms with van der Waals surface area (Å²) < 4.78 is 29.8. The third-order valence-corrected chi connectivity index (χ3v) is 4.77. The van der Waals surface area contributed by atoms with Crippen molar-refractivity contribution >= 4 is 10.1 Å². The van der Waals surface area contributed by atoms with Gasteiger partial charge in [-0.3, -0.25) is 4.55 Å². The summed E-state index contributed by atoms with van der Waals surface area (Å²) in [5.41, 5.74) is 0.399. The molecule has 1 fully saturated rings. The van der Waals surface area contributed by atoms with Gasteiger partial charge >= 0.3 is 0 Å². The zero-order valence-electron chi connectivity index (χ0n) is 11.8. The topological polar surface area (TPSA) is 66.4 Å². The van der Waals surface area contributed by atoms with Gasteiger partial charge in [-0.15, -0.1) is 0 Å². The van der Waals surface area contributed by atoms with Crippen LogP contribution >= 0.6 is 0 Å². The fourth-order valence-electron chi connectivity index (χ4n) is 2.72. The van der Waals surface area contributed by atoms with Gasteiger partial charge < -0.3 is 5.32 Å². The van der Waals surface area contributed by atoms with Gasteiger partial charge in [-0.25, -0.2) is 0 Å². The maximum atomic E-state index is 10.6. The van der Waals surface area contributed by atoms with E-state index in [2.05, 4.69) is 26.1 Å². The Hall–Kier alpha value is -0.130. The zero-order valence-corrected chi connectivity index (χ0v) is 12.6. The van der Waals surface area contributed by atoms with Crippen LogP contribution in [0.2, 0.25) is 0 Å². The molecule has 0 spiro atoms. The highest BCUT2D eigenvalue weighted by Gasteiger charge is 2.29. The average molecular weight is 277 g/mol. The van der Waals surface area contributed by atoms with Gasteiger partial charge in [-0.2, -0.15) is 8.42 Å². The standard InChI is InChI=1S/C13H27NO3S/c1-13(2,3)11-5-7-12(8-6-11)14-9-4-10-18(15,16)17/h11-12,14H,4-10H2,1-3H3,(H,15,16,17). The molecule has 0 amide bonds.